The van der Waals surface area contributed by atoms with Gasteiger partial charge in [-0.15, -0.1) is 0 Å². The minimum absolute atomic E-state index is 0.0202. The van der Waals surface area contributed by atoms with Crippen molar-refractivity contribution in [2.45, 2.75) is 26.7 Å². The number of carbonyl (C=O) groups is 2. The van der Waals surface area contributed by atoms with Gasteiger partial charge in [-0.2, -0.15) is 5.26 Å². The van der Waals surface area contributed by atoms with E-state index in [1.54, 1.807) is 18.4 Å². The van der Waals surface area contributed by atoms with Crippen LogP contribution in [-0.2, 0) is 20.7 Å². The fourth-order valence-corrected chi connectivity index (χ4v) is 3.07. The van der Waals surface area contributed by atoms with Crippen molar-refractivity contribution in [2.75, 3.05) is 18.1 Å². The van der Waals surface area contributed by atoms with Gasteiger partial charge in [0, 0.05) is 23.2 Å². The van der Waals surface area contributed by atoms with E-state index < -0.39 is 5.97 Å². The summed E-state index contributed by atoms with van der Waals surface area (Å²) >= 11 is 0. The molecule has 3 rings (SSSR count). The lowest BCUT2D eigenvalue weighted by atomic mass is 10.0. The number of amides is 1. The Labute approximate surface area is 169 Å². The molecule has 6 heteroatoms. The summed E-state index contributed by atoms with van der Waals surface area (Å²) in [4.78, 5) is 26.3. The predicted molar refractivity (Wildman–Crippen MR) is 109 cm³/mol. The highest BCUT2D eigenvalue weighted by atomic mass is 16.5. The third-order valence-electron chi connectivity index (χ3n) is 4.78. The van der Waals surface area contributed by atoms with E-state index in [1.165, 1.54) is 4.90 Å². The van der Waals surface area contributed by atoms with Gasteiger partial charge in [0.15, 0.2) is 6.61 Å². The van der Waals surface area contributed by atoms with Crippen LogP contribution in [0.5, 0.6) is 0 Å². The monoisotopic (exact) mass is 390 g/mol. The van der Waals surface area contributed by atoms with Crippen molar-refractivity contribution in [3.8, 4) is 6.07 Å². The third-order valence-corrected chi connectivity index (χ3v) is 4.78. The third kappa shape index (κ3) is 4.82. The maximum absolute atomic E-state index is 12.6. The molecule has 29 heavy (non-hydrogen) atoms. The Morgan fingerprint density at radius 1 is 1.14 bits per heavy atom. The minimum atomic E-state index is -0.507. The molecule has 0 aliphatic carbocycles. The molecule has 0 spiro atoms. The highest BCUT2D eigenvalue weighted by Gasteiger charge is 2.18. The van der Waals surface area contributed by atoms with E-state index in [2.05, 4.69) is 0 Å². The number of furan rings is 1. The standard InChI is InChI=1S/C23H22N2O4/c1-16-11-20-18(14-28-21(20)12-17(16)2)13-23(27)29-15-22(26)25(10-6-9-24)19-7-4-3-5-8-19/h3-5,7-8,11-12,14H,6,10,13,15H2,1-2H3. The van der Waals surface area contributed by atoms with Crippen LogP contribution in [0, 0.1) is 25.2 Å². The molecule has 0 bridgehead atoms. The second-order valence-corrected chi connectivity index (χ2v) is 6.82. The van der Waals surface area contributed by atoms with E-state index >= 15 is 0 Å². The number of anilines is 1. The zero-order valence-corrected chi connectivity index (χ0v) is 16.5. The Kier molecular flexibility index (Phi) is 6.30. The Morgan fingerprint density at radius 2 is 1.86 bits per heavy atom. The number of hydrogen-bond acceptors (Lipinski definition) is 5. The molecule has 1 amide bonds. The molecule has 0 saturated carbocycles. The van der Waals surface area contributed by atoms with Crippen molar-refractivity contribution in [3.63, 3.8) is 0 Å². The maximum atomic E-state index is 12.6. The van der Waals surface area contributed by atoms with Crippen LogP contribution in [-0.4, -0.2) is 25.0 Å². The van der Waals surface area contributed by atoms with E-state index in [0.717, 1.165) is 27.7 Å². The van der Waals surface area contributed by atoms with Crippen molar-refractivity contribution in [1.82, 2.24) is 0 Å². The number of fused-ring (bicyclic) bond motifs is 1. The van der Waals surface area contributed by atoms with Crippen LogP contribution in [0.1, 0.15) is 23.1 Å². The van der Waals surface area contributed by atoms with E-state index in [4.69, 9.17) is 14.4 Å². The van der Waals surface area contributed by atoms with Crippen molar-refractivity contribution >= 4 is 28.5 Å². The van der Waals surface area contributed by atoms with Gasteiger partial charge in [-0.25, -0.2) is 0 Å². The molecule has 1 heterocycles. The number of aryl methyl sites for hydroxylation is 2. The van der Waals surface area contributed by atoms with Gasteiger partial charge in [-0.3, -0.25) is 9.59 Å². The summed E-state index contributed by atoms with van der Waals surface area (Å²) in [5, 5.41) is 9.72. The Hall–Kier alpha value is -3.59. The number of carbonyl (C=O) groups excluding carboxylic acids is 2. The number of nitrogens with zero attached hydrogens (tertiary/aromatic N) is 2. The summed E-state index contributed by atoms with van der Waals surface area (Å²) in [5.41, 5.74) is 4.34. The van der Waals surface area contributed by atoms with Crippen LogP contribution < -0.4 is 4.90 Å². The van der Waals surface area contributed by atoms with Crippen LogP contribution in [0.15, 0.2) is 53.1 Å². The first-order valence-corrected chi connectivity index (χ1v) is 9.35. The molecule has 0 N–H and O–H groups in total. The van der Waals surface area contributed by atoms with Crippen LogP contribution >= 0.6 is 0 Å². The van der Waals surface area contributed by atoms with Crippen LogP contribution in [0.25, 0.3) is 11.0 Å². The second kappa shape index (κ2) is 9.07. The van der Waals surface area contributed by atoms with Gasteiger partial charge in [0.1, 0.15) is 5.58 Å². The number of rotatable bonds is 7. The molecule has 2 aromatic carbocycles. The zero-order chi connectivity index (χ0) is 20.8. The van der Waals surface area contributed by atoms with Gasteiger partial charge in [0.05, 0.1) is 25.2 Å². The largest absolute Gasteiger partial charge is 0.464 e. The van der Waals surface area contributed by atoms with Crippen molar-refractivity contribution < 1.29 is 18.7 Å². The van der Waals surface area contributed by atoms with Gasteiger partial charge in [-0.05, 0) is 49.2 Å². The first-order chi connectivity index (χ1) is 14.0. The summed E-state index contributed by atoms with van der Waals surface area (Å²) in [6, 6.07) is 15.0. The molecular weight excluding hydrogens is 368 g/mol. The average Bonchev–Trinajstić information content (AvgIpc) is 3.09. The lowest BCUT2D eigenvalue weighted by molar-refractivity contribution is -0.147. The number of para-hydroxylation sites is 1. The molecule has 6 nitrogen and oxygen atoms in total. The maximum Gasteiger partial charge on any atom is 0.310 e. The first kappa shape index (κ1) is 20.2. The summed E-state index contributed by atoms with van der Waals surface area (Å²) in [5.74, 6) is -0.879. The number of ether oxygens (including phenoxy) is 1. The van der Waals surface area contributed by atoms with E-state index in [1.807, 2.05) is 50.2 Å². The lowest BCUT2D eigenvalue weighted by Gasteiger charge is -2.21. The van der Waals surface area contributed by atoms with Gasteiger partial charge in [0.2, 0.25) is 0 Å². The van der Waals surface area contributed by atoms with Crippen molar-refractivity contribution in [2.24, 2.45) is 0 Å². The average molecular weight is 390 g/mol. The lowest BCUT2D eigenvalue weighted by Crippen LogP contribution is -2.35. The number of esters is 1. The van der Waals surface area contributed by atoms with E-state index in [-0.39, 0.29) is 31.9 Å². The second-order valence-electron chi connectivity index (χ2n) is 6.82. The highest BCUT2D eigenvalue weighted by molar-refractivity contribution is 5.95. The van der Waals surface area contributed by atoms with Gasteiger partial charge < -0.3 is 14.1 Å². The first-order valence-electron chi connectivity index (χ1n) is 9.35. The Bertz CT molecular complexity index is 1060. The summed E-state index contributed by atoms with van der Waals surface area (Å²) in [6.45, 7) is 3.86. The summed E-state index contributed by atoms with van der Waals surface area (Å²) < 4.78 is 10.7. The van der Waals surface area contributed by atoms with Crippen LogP contribution in [0.4, 0.5) is 5.69 Å². The molecule has 0 atom stereocenters. The SMILES string of the molecule is Cc1cc2occ(CC(=O)OCC(=O)N(CCC#N)c3ccccc3)c2cc1C. The molecular formula is C23H22N2O4. The van der Waals surface area contributed by atoms with Gasteiger partial charge >= 0.3 is 5.97 Å². The molecule has 3 aromatic rings. The van der Waals surface area contributed by atoms with Gasteiger partial charge in [-0.1, -0.05) is 18.2 Å². The fraction of sp³-hybridized carbons (Fsp3) is 0.261. The molecule has 0 radical (unpaired) electrons. The molecule has 0 aliphatic rings. The topological polar surface area (TPSA) is 83.5 Å². The van der Waals surface area contributed by atoms with E-state index in [9.17, 15) is 9.59 Å². The van der Waals surface area contributed by atoms with Crippen molar-refractivity contribution in [3.05, 3.63) is 65.4 Å². The fourth-order valence-electron chi connectivity index (χ4n) is 3.07. The number of benzene rings is 2. The quantitative estimate of drug-likeness (QED) is 0.568. The summed E-state index contributed by atoms with van der Waals surface area (Å²) in [6.07, 6.45) is 1.76. The van der Waals surface area contributed by atoms with Crippen LogP contribution in [0.2, 0.25) is 0 Å². The molecule has 148 valence electrons. The molecule has 0 aliphatic heterocycles. The Balaban J connectivity index is 1.64. The highest BCUT2D eigenvalue weighted by Crippen LogP contribution is 2.25. The zero-order valence-electron chi connectivity index (χ0n) is 16.5. The minimum Gasteiger partial charge on any atom is -0.464 e. The molecule has 0 fully saturated rings. The number of hydrogen-bond donors (Lipinski definition) is 0. The molecule has 1 aromatic heterocycles. The van der Waals surface area contributed by atoms with Gasteiger partial charge in [0.25, 0.3) is 5.91 Å². The van der Waals surface area contributed by atoms with E-state index in [0.29, 0.717) is 5.69 Å². The smallest absolute Gasteiger partial charge is 0.310 e. The summed E-state index contributed by atoms with van der Waals surface area (Å²) in [7, 11) is 0. The Morgan fingerprint density at radius 3 is 2.59 bits per heavy atom. The normalized spacial score (nSPS) is 10.5. The molecule has 0 unspecified atom stereocenters. The van der Waals surface area contributed by atoms with Crippen LogP contribution in [0.3, 0.4) is 0 Å². The predicted octanol–water partition coefficient (Wildman–Crippen LogP) is 4.08. The van der Waals surface area contributed by atoms with Crippen molar-refractivity contribution in [1.29, 1.82) is 5.26 Å². The molecule has 0 saturated heterocycles. The number of nitriles is 1.